The van der Waals surface area contributed by atoms with Crippen LogP contribution in [0.2, 0.25) is 0 Å². The predicted octanol–water partition coefficient (Wildman–Crippen LogP) is 6.67. The quantitative estimate of drug-likeness (QED) is 0.0725. The summed E-state index contributed by atoms with van der Waals surface area (Å²) in [6, 6.07) is 32.4. The summed E-state index contributed by atoms with van der Waals surface area (Å²) >= 11 is 1.79. The van der Waals surface area contributed by atoms with Crippen LogP contribution in [0, 0.1) is 0 Å². The molecule has 15 rings (SSSR count). The van der Waals surface area contributed by atoms with Gasteiger partial charge in [-0.1, -0.05) is 36.4 Å². The number of sulfonamides is 4. The van der Waals surface area contributed by atoms with E-state index in [4.69, 9.17) is 38.3 Å². The smallest absolute Gasteiger partial charge is 0.410 e. The van der Waals surface area contributed by atoms with Crippen molar-refractivity contribution in [3.63, 3.8) is 0 Å². The number of ether oxygens (including phenoxy) is 7. The summed E-state index contributed by atoms with van der Waals surface area (Å²) in [5, 5.41) is 22.2. The molecule has 35 heteroatoms. The molecule has 0 unspecified atom stereocenters. The highest BCUT2D eigenvalue weighted by Gasteiger charge is 2.54. The fourth-order valence-corrected chi connectivity index (χ4v) is 24.7. The number of carbonyl (C=O) groups is 4. The maximum atomic E-state index is 13.2. The lowest BCUT2D eigenvalue weighted by atomic mass is 9.99. The molecule has 0 aliphatic carbocycles. The monoisotopic (exact) mass is 1660 g/mol. The number of methoxy groups -OCH3 is 2. The number of thioether (sulfide) groups is 1. The van der Waals surface area contributed by atoms with Crippen LogP contribution >= 0.6 is 11.8 Å². The maximum absolute atomic E-state index is 13.2. The Morgan fingerprint density at radius 3 is 1.13 bits per heavy atom. The molecule has 0 aromatic heterocycles. The highest BCUT2D eigenvalue weighted by atomic mass is 32.2. The van der Waals surface area contributed by atoms with Crippen LogP contribution < -0.4 is 30.7 Å². The van der Waals surface area contributed by atoms with Gasteiger partial charge >= 0.3 is 6.09 Å². The Morgan fingerprint density at radius 2 is 0.752 bits per heavy atom. The number of likely N-dealkylation sites (tertiary alicyclic amines) is 1. The number of aliphatic hydroxyl groups excluding tert-OH is 1. The third-order valence-corrected chi connectivity index (χ3v) is 31.6. The van der Waals surface area contributed by atoms with Crippen molar-refractivity contribution in [2.75, 3.05) is 145 Å². The molecule has 5 N–H and O–H groups in total. The van der Waals surface area contributed by atoms with Crippen molar-refractivity contribution >= 4 is 75.4 Å². The number of carbonyl (C=O) groups excluding carboxylic acids is 4. The molecular formula is C78H108N10O20S5. The molecule has 0 bridgehead atoms. The zero-order chi connectivity index (χ0) is 81.1. The van der Waals surface area contributed by atoms with E-state index in [9.17, 15) is 52.8 Å². The van der Waals surface area contributed by atoms with E-state index >= 15 is 0 Å². The van der Waals surface area contributed by atoms with E-state index in [1.54, 1.807) is 132 Å². The Balaban J connectivity index is 0.000000140. The van der Waals surface area contributed by atoms with E-state index < -0.39 is 74.7 Å². The number of rotatable bonds is 14. The standard InChI is InChI=1S/C19H28N2O6S.C16H20N2O3.C15H20N2O4S.C14H20N2O4S.C14H20N2O3S2/c1-18(2,3)27-17(23)20-10-8-19(9-11-20)21(12-13-26-19)28(24,25)16-6-4-15(14-22)5-7-16;1-12(19)13-2-4-14(5-3-13)15(20)18-10-11-21-16(18)6-8-17-9-7-16;1-12(18)13-2-4-14(5-3-13)22(19,20)17-10-11-21-15(17)6-8-16-9-7-15;2*1-19-12-2-4-13(5-3-12)21(17,18)16-10-11-20-14(16)6-8-15-9-7-14/h4-7,22H,8-14H2,1-3H3;2-5,17H,6-11H2,1H3;2-5,16H,6-11H2,1H3;2*2-5,15H,6-11H2,1H3. The SMILES string of the molecule is CC(=O)c1ccc(C(=O)N2CCOC23CCNCC3)cc1.CC(=O)c1ccc(S(=O)(=O)N2CCOC23CCNCC3)cc1.CC(C)(C)OC(=O)N1CCC2(CC1)OCCN2S(=O)(=O)c1ccc(CO)cc1.COc1ccc(S(=O)(=O)N2CCOC23CCNCC3)cc1.COc1ccc(S(=O)(=O)N2CCSC23CCNCC3)cc1. The van der Waals surface area contributed by atoms with Gasteiger partial charge in [0.15, 0.2) is 11.6 Å². The zero-order valence-corrected chi connectivity index (χ0v) is 69.5. The number of amides is 2. The normalized spacial score (nSPS) is 21.6. The van der Waals surface area contributed by atoms with Gasteiger partial charge < -0.3 is 69.3 Å². The molecule has 10 heterocycles. The van der Waals surface area contributed by atoms with Gasteiger partial charge in [-0.2, -0.15) is 17.2 Å². The van der Waals surface area contributed by atoms with Crippen molar-refractivity contribution in [3.8, 4) is 11.5 Å². The average Bonchev–Trinajstić information content (AvgIpc) is 1.69. The van der Waals surface area contributed by atoms with Gasteiger partial charge in [0.1, 0.15) is 40.0 Å². The van der Waals surface area contributed by atoms with Crippen LogP contribution in [0.4, 0.5) is 4.79 Å². The summed E-state index contributed by atoms with van der Waals surface area (Å²) in [6.45, 7) is 19.6. The van der Waals surface area contributed by atoms with E-state index in [0.29, 0.717) is 143 Å². The molecule has 10 aliphatic heterocycles. The van der Waals surface area contributed by atoms with Gasteiger partial charge in [-0.25, -0.2) is 38.5 Å². The number of hydrogen-bond acceptors (Lipinski definition) is 25. The topological polar surface area (TPSA) is 357 Å². The second kappa shape index (κ2) is 36.9. The Hall–Kier alpha value is -6.59. The van der Waals surface area contributed by atoms with Crippen LogP contribution in [0.5, 0.6) is 11.5 Å². The molecule has 10 fully saturated rings. The van der Waals surface area contributed by atoms with Gasteiger partial charge in [0.05, 0.1) is 71.7 Å². The molecular weight excluding hydrogens is 1560 g/mol. The third kappa shape index (κ3) is 19.7. The summed E-state index contributed by atoms with van der Waals surface area (Å²) in [4.78, 5) is 51.9. The molecule has 5 aromatic carbocycles. The van der Waals surface area contributed by atoms with Crippen molar-refractivity contribution in [2.24, 2.45) is 0 Å². The van der Waals surface area contributed by atoms with E-state index in [-0.39, 0.29) is 50.2 Å². The van der Waals surface area contributed by atoms with Gasteiger partial charge in [0.25, 0.3) is 5.91 Å². The molecule has 0 saturated carbocycles. The summed E-state index contributed by atoms with van der Waals surface area (Å²) < 4.78 is 149. The van der Waals surface area contributed by atoms with E-state index in [2.05, 4.69) is 21.3 Å². The van der Waals surface area contributed by atoms with E-state index in [0.717, 1.165) is 83.8 Å². The highest BCUT2D eigenvalue weighted by molar-refractivity contribution is 8.02. The minimum Gasteiger partial charge on any atom is -0.497 e. The van der Waals surface area contributed by atoms with Crippen molar-refractivity contribution < 1.29 is 91.1 Å². The first-order chi connectivity index (χ1) is 53.8. The largest absolute Gasteiger partial charge is 0.497 e. The van der Waals surface area contributed by atoms with Crippen LogP contribution in [0.15, 0.2) is 141 Å². The fourth-order valence-electron chi connectivity index (χ4n) is 15.9. The van der Waals surface area contributed by atoms with Crippen LogP contribution in [0.25, 0.3) is 0 Å². The Labute approximate surface area is 668 Å². The molecule has 0 atom stereocenters. The average molecular weight is 1670 g/mol. The number of ketones is 2. The molecule has 5 spiro atoms. The maximum Gasteiger partial charge on any atom is 0.410 e. The lowest BCUT2D eigenvalue weighted by molar-refractivity contribution is -0.0908. The van der Waals surface area contributed by atoms with Crippen LogP contribution in [0.3, 0.4) is 0 Å². The summed E-state index contributed by atoms with van der Waals surface area (Å²) in [5.74, 6) is 2.10. The second-order valence-electron chi connectivity index (χ2n) is 30.1. The van der Waals surface area contributed by atoms with Crippen LogP contribution in [-0.2, 0) is 70.4 Å². The minimum atomic E-state index is -3.75. The summed E-state index contributed by atoms with van der Waals surface area (Å²) in [7, 11) is -11.2. The molecule has 620 valence electrons. The number of benzene rings is 5. The van der Waals surface area contributed by atoms with Crippen LogP contribution in [-0.4, -0.2) is 267 Å². The number of Topliss-reactive ketones (excluding diaryl/α,β-unsaturated/α-hetero) is 2. The van der Waals surface area contributed by atoms with Crippen molar-refractivity contribution in [1.29, 1.82) is 0 Å². The molecule has 30 nitrogen and oxygen atoms in total. The second-order valence-corrected chi connectivity index (χ2v) is 39.0. The Kier molecular flexibility index (Phi) is 28.5. The molecule has 113 heavy (non-hydrogen) atoms. The molecule has 0 radical (unpaired) electrons. The predicted molar refractivity (Wildman–Crippen MR) is 423 cm³/mol. The number of hydrogen-bond donors (Lipinski definition) is 5. The first-order valence-electron chi connectivity index (χ1n) is 38.5. The Morgan fingerprint density at radius 1 is 0.425 bits per heavy atom. The fraction of sp³-hybridized carbons (Fsp3) is 0.564. The minimum absolute atomic E-state index is 0.00771. The van der Waals surface area contributed by atoms with E-state index in [1.807, 2.05) is 25.7 Å². The van der Waals surface area contributed by atoms with E-state index in [1.165, 1.54) is 51.0 Å². The van der Waals surface area contributed by atoms with Gasteiger partial charge in [-0.3, -0.25) is 14.4 Å². The van der Waals surface area contributed by atoms with Crippen molar-refractivity contribution in [3.05, 3.63) is 144 Å². The van der Waals surface area contributed by atoms with Crippen LogP contribution in [0.1, 0.15) is 135 Å². The van der Waals surface area contributed by atoms with Gasteiger partial charge in [0.2, 0.25) is 40.1 Å². The van der Waals surface area contributed by atoms with Gasteiger partial charge in [-0.05, 0) is 190 Å². The first-order valence-corrected chi connectivity index (χ1v) is 45.2. The number of aliphatic hydroxyl groups is 1. The zero-order valence-electron chi connectivity index (χ0n) is 65.4. The first kappa shape index (κ1) is 87.3. The lowest BCUT2D eigenvalue weighted by Crippen LogP contribution is -2.56. The lowest BCUT2D eigenvalue weighted by Gasteiger charge is -2.42. The number of nitrogens with one attached hydrogen (secondary N) is 4. The molecule has 5 aromatic rings. The molecule has 10 saturated heterocycles. The number of piperidine rings is 5. The molecule has 10 aliphatic rings. The summed E-state index contributed by atoms with van der Waals surface area (Å²) in [5.41, 5.74) is -0.955. The number of nitrogens with zero attached hydrogens (tertiary/aromatic N) is 6. The van der Waals surface area contributed by atoms with Gasteiger partial charge in [0, 0.05) is 120 Å². The summed E-state index contributed by atoms with van der Waals surface area (Å²) in [6.07, 6.45) is 6.43. The third-order valence-electron chi connectivity index (χ3n) is 22.0. The van der Waals surface area contributed by atoms with Crippen molar-refractivity contribution in [2.45, 2.75) is 158 Å². The Bertz CT molecular complexity index is 4440. The highest BCUT2D eigenvalue weighted by Crippen LogP contribution is 2.47. The molecule has 2 amide bonds. The van der Waals surface area contributed by atoms with Gasteiger partial charge in [-0.15, -0.1) is 11.8 Å². The van der Waals surface area contributed by atoms with Crippen molar-refractivity contribution in [1.82, 2.24) is 48.3 Å².